The summed E-state index contributed by atoms with van der Waals surface area (Å²) in [5.74, 6) is -2.77. The van der Waals surface area contributed by atoms with Crippen LogP contribution in [0.15, 0.2) is 22.2 Å². The molecule has 1 heterocycles. The van der Waals surface area contributed by atoms with Crippen molar-refractivity contribution in [2.45, 2.75) is 46.5 Å². The van der Waals surface area contributed by atoms with Crippen molar-refractivity contribution in [2.75, 3.05) is 13.2 Å². The van der Waals surface area contributed by atoms with Gasteiger partial charge in [0.05, 0.1) is 17.7 Å². The molecular weight excluding hydrogens is 448 g/mol. The number of carbonyl (C=O) groups is 3. The summed E-state index contributed by atoms with van der Waals surface area (Å²) >= 11 is 3.38. The summed E-state index contributed by atoms with van der Waals surface area (Å²) in [6.45, 7) is 8.56. The molecule has 1 saturated heterocycles. The molecule has 0 amide bonds. The zero-order chi connectivity index (χ0) is 21.8. The van der Waals surface area contributed by atoms with Gasteiger partial charge in [-0.1, -0.05) is 0 Å². The second-order valence-corrected chi connectivity index (χ2v) is 7.37. The number of benzene rings is 1. The molecule has 9 heteroatoms. The van der Waals surface area contributed by atoms with Gasteiger partial charge in [0.15, 0.2) is 17.6 Å². The fraction of sp³-hybridized carbons (Fsp3) is 0.450. The number of cyclic esters (lactones) is 2. The molecule has 0 aliphatic carbocycles. The molecule has 0 spiro atoms. The van der Waals surface area contributed by atoms with E-state index >= 15 is 0 Å². The van der Waals surface area contributed by atoms with Crippen LogP contribution in [0.5, 0.6) is 11.5 Å². The number of esters is 3. The number of rotatable bonds is 7. The highest BCUT2D eigenvalue weighted by molar-refractivity contribution is 9.10. The van der Waals surface area contributed by atoms with Crippen LogP contribution in [0.1, 0.15) is 40.2 Å². The maximum absolute atomic E-state index is 12.2. The van der Waals surface area contributed by atoms with E-state index in [2.05, 4.69) is 15.9 Å². The second kappa shape index (κ2) is 9.30. The summed E-state index contributed by atoms with van der Waals surface area (Å²) in [4.78, 5) is 36.2. The monoisotopic (exact) mass is 470 g/mol. The van der Waals surface area contributed by atoms with Crippen molar-refractivity contribution in [3.05, 3.63) is 27.7 Å². The Morgan fingerprint density at radius 3 is 2.34 bits per heavy atom. The molecule has 1 aliphatic heterocycles. The van der Waals surface area contributed by atoms with Crippen LogP contribution in [-0.2, 0) is 28.6 Å². The first-order chi connectivity index (χ1) is 13.6. The van der Waals surface area contributed by atoms with E-state index in [0.717, 1.165) is 0 Å². The zero-order valence-electron chi connectivity index (χ0n) is 16.9. The third-order valence-electron chi connectivity index (χ3n) is 3.67. The highest BCUT2D eigenvalue weighted by Crippen LogP contribution is 2.38. The van der Waals surface area contributed by atoms with Crippen molar-refractivity contribution < 1.29 is 38.1 Å². The molecule has 1 aliphatic rings. The smallest absolute Gasteiger partial charge is 0.348 e. The lowest BCUT2D eigenvalue weighted by molar-refractivity contribution is -0.222. The molecule has 0 N–H and O–H groups in total. The number of hydrogen-bond acceptors (Lipinski definition) is 8. The van der Waals surface area contributed by atoms with Crippen molar-refractivity contribution in [1.82, 2.24) is 0 Å². The summed E-state index contributed by atoms with van der Waals surface area (Å²) in [5.41, 5.74) is 0.229. The SMILES string of the molecule is CCOC(=O)C(C)Oc1c(Br)cc(C=C2C(=O)OC(C)(C)OC2=O)cc1OCC. The predicted molar refractivity (Wildman–Crippen MR) is 106 cm³/mol. The van der Waals surface area contributed by atoms with Crippen molar-refractivity contribution in [2.24, 2.45) is 0 Å². The quantitative estimate of drug-likeness (QED) is 0.339. The maximum atomic E-state index is 12.2. The topological polar surface area (TPSA) is 97.4 Å². The third kappa shape index (κ3) is 5.72. The van der Waals surface area contributed by atoms with Gasteiger partial charge in [-0.05, 0) is 60.5 Å². The largest absolute Gasteiger partial charge is 0.490 e. The fourth-order valence-corrected chi connectivity index (χ4v) is 3.03. The lowest BCUT2D eigenvalue weighted by atomic mass is 10.1. The molecule has 1 fully saturated rings. The van der Waals surface area contributed by atoms with Gasteiger partial charge in [0.2, 0.25) is 0 Å². The Bertz CT molecular complexity index is 821. The summed E-state index contributed by atoms with van der Waals surface area (Å²) in [7, 11) is 0. The number of ether oxygens (including phenoxy) is 5. The summed E-state index contributed by atoms with van der Waals surface area (Å²) in [5, 5.41) is 0. The van der Waals surface area contributed by atoms with E-state index < -0.39 is 29.8 Å². The van der Waals surface area contributed by atoms with Crippen LogP contribution in [0.2, 0.25) is 0 Å². The van der Waals surface area contributed by atoms with E-state index in [1.165, 1.54) is 19.9 Å². The van der Waals surface area contributed by atoms with Gasteiger partial charge < -0.3 is 23.7 Å². The van der Waals surface area contributed by atoms with Crippen LogP contribution in [0, 0.1) is 0 Å². The molecular formula is C20H23BrO8. The van der Waals surface area contributed by atoms with Crippen molar-refractivity contribution in [3.63, 3.8) is 0 Å². The van der Waals surface area contributed by atoms with E-state index in [1.807, 2.05) is 0 Å². The van der Waals surface area contributed by atoms with E-state index in [-0.39, 0.29) is 12.2 Å². The van der Waals surface area contributed by atoms with E-state index in [9.17, 15) is 14.4 Å². The molecule has 0 saturated carbocycles. The average Bonchev–Trinajstić information content (AvgIpc) is 2.60. The zero-order valence-corrected chi connectivity index (χ0v) is 18.5. The van der Waals surface area contributed by atoms with Crippen molar-refractivity contribution in [1.29, 1.82) is 0 Å². The predicted octanol–water partition coefficient (Wildman–Crippen LogP) is 3.40. The number of halogens is 1. The minimum absolute atomic E-state index is 0.238. The van der Waals surface area contributed by atoms with Crippen LogP contribution in [0.4, 0.5) is 0 Å². The summed E-state index contributed by atoms with van der Waals surface area (Å²) < 4.78 is 26.9. The van der Waals surface area contributed by atoms with E-state index in [0.29, 0.717) is 28.1 Å². The summed E-state index contributed by atoms with van der Waals surface area (Å²) in [6.07, 6.45) is 0.478. The Kier molecular flexibility index (Phi) is 7.29. The first kappa shape index (κ1) is 22.7. The van der Waals surface area contributed by atoms with E-state index in [4.69, 9.17) is 23.7 Å². The van der Waals surface area contributed by atoms with Crippen molar-refractivity contribution in [3.8, 4) is 11.5 Å². The average molecular weight is 471 g/mol. The molecule has 29 heavy (non-hydrogen) atoms. The van der Waals surface area contributed by atoms with E-state index in [1.54, 1.807) is 32.9 Å². The van der Waals surface area contributed by atoms with Crippen LogP contribution in [-0.4, -0.2) is 43.0 Å². The standard InChI is InChI=1S/C20H23BrO8/c1-6-25-15-10-12(8-13-18(23)28-20(4,5)29-19(13)24)9-14(21)16(15)27-11(3)17(22)26-7-2/h8-11H,6-7H2,1-5H3. The van der Waals surface area contributed by atoms with Gasteiger partial charge in [0.1, 0.15) is 5.57 Å². The van der Waals surface area contributed by atoms with Crippen LogP contribution < -0.4 is 9.47 Å². The Morgan fingerprint density at radius 1 is 1.17 bits per heavy atom. The first-order valence-corrected chi connectivity index (χ1v) is 9.85. The molecule has 1 aromatic rings. The molecule has 158 valence electrons. The molecule has 2 rings (SSSR count). The van der Waals surface area contributed by atoms with Gasteiger partial charge in [-0.25, -0.2) is 14.4 Å². The van der Waals surface area contributed by atoms with Crippen molar-refractivity contribution >= 4 is 39.9 Å². The lowest BCUT2D eigenvalue weighted by Crippen LogP contribution is -2.41. The molecule has 1 unspecified atom stereocenters. The van der Waals surface area contributed by atoms with Gasteiger partial charge in [0, 0.05) is 13.8 Å². The molecule has 1 atom stereocenters. The van der Waals surface area contributed by atoms with Gasteiger partial charge in [-0.2, -0.15) is 0 Å². The molecule has 1 aromatic carbocycles. The Hall–Kier alpha value is -2.55. The minimum Gasteiger partial charge on any atom is -0.490 e. The van der Waals surface area contributed by atoms with Gasteiger partial charge >= 0.3 is 17.9 Å². The molecule has 0 radical (unpaired) electrons. The van der Waals surface area contributed by atoms with Gasteiger partial charge in [-0.15, -0.1) is 0 Å². The fourth-order valence-electron chi connectivity index (χ4n) is 2.48. The third-order valence-corrected chi connectivity index (χ3v) is 4.26. The van der Waals surface area contributed by atoms with Gasteiger partial charge in [0.25, 0.3) is 5.79 Å². The minimum atomic E-state index is -1.32. The van der Waals surface area contributed by atoms with Crippen LogP contribution in [0.25, 0.3) is 6.08 Å². The highest BCUT2D eigenvalue weighted by atomic mass is 79.9. The van der Waals surface area contributed by atoms with Crippen LogP contribution >= 0.6 is 15.9 Å². The molecule has 8 nitrogen and oxygen atoms in total. The number of hydrogen-bond donors (Lipinski definition) is 0. The molecule has 0 aromatic heterocycles. The second-order valence-electron chi connectivity index (χ2n) is 6.51. The van der Waals surface area contributed by atoms with Crippen LogP contribution in [0.3, 0.4) is 0 Å². The number of carbonyl (C=O) groups excluding carboxylic acids is 3. The maximum Gasteiger partial charge on any atom is 0.348 e. The molecule has 0 bridgehead atoms. The Labute approximate surface area is 177 Å². The lowest BCUT2D eigenvalue weighted by Gasteiger charge is -2.29. The summed E-state index contributed by atoms with van der Waals surface area (Å²) in [6, 6.07) is 3.19. The first-order valence-electron chi connectivity index (χ1n) is 9.06. The van der Waals surface area contributed by atoms with Gasteiger partial charge in [-0.3, -0.25) is 0 Å². The Morgan fingerprint density at radius 2 is 1.79 bits per heavy atom. The Balaban J connectivity index is 2.37. The highest BCUT2D eigenvalue weighted by Gasteiger charge is 2.39. The normalized spacial score (nSPS) is 16.4.